The molecule has 1 aliphatic rings. The molecule has 1 atom stereocenters. The Kier molecular flexibility index (Phi) is 3.60. The molecule has 2 aromatic rings. The Balaban J connectivity index is 1.52. The van der Waals surface area contributed by atoms with Crippen LogP contribution in [0.5, 0.6) is 0 Å². The standard InChI is InChI=1S/C15H17N3O3/c1-18-9-10(8-14(18)19)15(20)16-7-6-13-17-11-4-2-3-5-12(11)21-13/h2-5,10H,6-9H2,1H3,(H,16,20). The Bertz CT molecular complexity index is 647. The SMILES string of the molecule is CN1CC(C(=O)NCCc2nc3ccccc3o2)CC1=O. The first kappa shape index (κ1) is 13.6. The van der Waals surface area contributed by atoms with E-state index >= 15 is 0 Å². The fraction of sp³-hybridized carbons (Fsp3) is 0.400. The highest BCUT2D eigenvalue weighted by atomic mass is 16.3. The van der Waals surface area contributed by atoms with Gasteiger partial charge < -0.3 is 14.6 Å². The molecule has 0 saturated carbocycles. The summed E-state index contributed by atoms with van der Waals surface area (Å²) in [5, 5.41) is 2.84. The molecule has 1 unspecified atom stereocenters. The lowest BCUT2D eigenvalue weighted by atomic mass is 10.1. The minimum absolute atomic E-state index is 0.0223. The second-order valence-electron chi connectivity index (χ2n) is 5.29. The van der Waals surface area contributed by atoms with Gasteiger partial charge in [0.05, 0.1) is 5.92 Å². The summed E-state index contributed by atoms with van der Waals surface area (Å²) in [6.07, 6.45) is 0.835. The third kappa shape index (κ3) is 2.89. The van der Waals surface area contributed by atoms with Crippen LogP contribution in [0.15, 0.2) is 28.7 Å². The van der Waals surface area contributed by atoms with Crippen molar-refractivity contribution in [2.75, 3.05) is 20.1 Å². The number of likely N-dealkylation sites (tertiary alicyclic amines) is 1. The topological polar surface area (TPSA) is 75.4 Å². The second-order valence-corrected chi connectivity index (χ2v) is 5.29. The van der Waals surface area contributed by atoms with Crippen LogP contribution < -0.4 is 5.32 Å². The highest BCUT2D eigenvalue weighted by Crippen LogP contribution is 2.16. The molecule has 6 heteroatoms. The number of para-hydroxylation sites is 2. The third-order valence-corrected chi connectivity index (χ3v) is 3.69. The number of nitrogens with one attached hydrogen (secondary N) is 1. The first-order chi connectivity index (χ1) is 10.1. The maximum Gasteiger partial charge on any atom is 0.225 e. The molecule has 2 amide bonds. The largest absolute Gasteiger partial charge is 0.441 e. The van der Waals surface area contributed by atoms with Gasteiger partial charge in [0, 0.05) is 33.0 Å². The molecule has 0 aliphatic carbocycles. The maximum absolute atomic E-state index is 12.0. The van der Waals surface area contributed by atoms with E-state index in [9.17, 15) is 9.59 Å². The van der Waals surface area contributed by atoms with Crippen molar-refractivity contribution in [2.45, 2.75) is 12.8 Å². The summed E-state index contributed by atoms with van der Waals surface area (Å²) in [6.45, 7) is 0.952. The molecule has 110 valence electrons. The van der Waals surface area contributed by atoms with Gasteiger partial charge in [-0.25, -0.2) is 4.98 Å². The van der Waals surface area contributed by atoms with E-state index in [2.05, 4.69) is 10.3 Å². The van der Waals surface area contributed by atoms with Gasteiger partial charge in [-0.2, -0.15) is 0 Å². The van der Waals surface area contributed by atoms with Crippen LogP contribution in [0, 0.1) is 5.92 Å². The van der Waals surface area contributed by atoms with Crippen molar-refractivity contribution in [3.05, 3.63) is 30.2 Å². The maximum atomic E-state index is 12.0. The summed E-state index contributed by atoms with van der Waals surface area (Å²) >= 11 is 0. The van der Waals surface area contributed by atoms with Crippen LogP contribution in [0.2, 0.25) is 0 Å². The van der Waals surface area contributed by atoms with Crippen molar-refractivity contribution < 1.29 is 14.0 Å². The van der Waals surface area contributed by atoms with Crippen LogP contribution in [0.3, 0.4) is 0 Å². The Labute approximate surface area is 122 Å². The number of aromatic nitrogens is 1. The van der Waals surface area contributed by atoms with E-state index in [1.54, 1.807) is 11.9 Å². The quantitative estimate of drug-likeness (QED) is 0.909. The molecule has 1 aromatic carbocycles. The van der Waals surface area contributed by atoms with Gasteiger partial charge in [-0.1, -0.05) is 12.1 Å². The average molecular weight is 287 g/mol. The molecule has 0 spiro atoms. The summed E-state index contributed by atoms with van der Waals surface area (Å²) in [7, 11) is 1.72. The molecule has 1 N–H and O–H groups in total. The van der Waals surface area contributed by atoms with Crippen LogP contribution in [-0.4, -0.2) is 41.8 Å². The van der Waals surface area contributed by atoms with Crippen LogP contribution in [0.25, 0.3) is 11.1 Å². The van der Waals surface area contributed by atoms with Crippen LogP contribution in [0.1, 0.15) is 12.3 Å². The average Bonchev–Trinajstić information content (AvgIpc) is 3.02. The van der Waals surface area contributed by atoms with E-state index in [1.807, 2.05) is 24.3 Å². The highest BCUT2D eigenvalue weighted by Gasteiger charge is 2.31. The van der Waals surface area contributed by atoms with Gasteiger partial charge in [0.1, 0.15) is 5.52 Å². The molecule has 6 nitrogen and oxygen atoms in total. The monoisotopic (exact) mass is 287 g/mol. The number of oxazole rings is 1. The number of carbonyl (C=O) groups excluding carboxylic acids is 2. The van der Waals surface area contributed by atoms with Gasteiger partial charge >= 0.3 is 0 Å². The predicted molar refractivity (Wildman–Crippen MR) is 76.5 cm³/mol. The van der Waals surface area contributed by atoms with Crippen molar-refractivity contribution >= 4 is 22.9 Å². The van der Waals surface area contributed by atoms with Crippen molar-refractivity contribution in [3.8, 4) is 0 Å². The van der Waals surface area contributed by atoms with Gasteiger partial charge in [-0.3, -0.25) is 9.59 Å². The van der Waals surface area contributed by atoms with Gasteiger partial charge in [-0.15, -0.1) is 0 Å². The zero-order valence-electron chi connectivity index (χ0n) is 11.8. The first-order valence-corrected chi connectivity index (χ1v) is 6.99. The third-order valence-electron chi connectivity index (χ3n) is 3.69. The number of carbonyl (C=O) groups is 2. The number of rotatable bonds is 4. The van der Waals surface area contributed by atoms with Gasteiger partial charge in [-0.05, 0) is 12.1 Å². The lowest BCUT2D eigenvalue weighted by molar-refractivity contribution is -0.128. The van der Waals surface area contributed by atoms with E-state index < -0.39 is 0 Å². The molecule has 1 saturated heterocycles. The number of fused-ring (bicyclic) bond motifs is 1. The Morgan fingerprint density at radius 3 is 3.00 bits per heavy atom. The van der Waals surface area contributed by atoms with Crippen molar-refractivity contribution in [1.29, 1.82) is 0 Å². The Morgan fingerprint density at radius 1 is 1.48 bits per heavy atom. The summed E-state index contributed by atoms with van der Waals surface area (Å²) in [6, 6.07) is 7.56. The Hall–Kier alpha value is -2.37. The molecular weight excluding hydrogens is 270 g/mol. The lowest BCUT2D eigenvalue weighted by Gasteiger charge is -2.10. The summed E-state index contributed by atoms with van der Waals surface area (Å²) in [4.78, 5) is 29.3. The molecule has 1 fully saturated rings. The summed E-state index contributed by atoms with van der Waals surface area (Å²) < 4.78 is 5.58. The summed E-state index contributed by atoms with van der Waals surface area (Å²) in [5.74, 6) is 0.306. The Morgan fingerprint density at radius 2 is 2.29 bits per heavy atom. The molecule has 0 bridgehead atoms. The smallest absolute Gasteiger partial charge is 0.225 e. The molecule has 2 heterocycles. The number of benzene rings is 1. The van der Waals surface area contributed by atoms with Crippen LogP contribution >= 0.6 is 0 Å². The van der Waals surface area contributed by atoms with Crippen molar-refractivity contribution in [1.82, 2.24) is 15.2 Å². The van der Waals surface area contributed by atoms with Crippen LogP contribution in [-0.2, 0) is 16.0 Å². The first-order valence-electron chi connectivity index (χ1n) is 6.99. The highest BCUT2D eigenvalue weighted by molar-refractivity contribution is 5.89. The molecular formula is C15H17N3O3. The predicted octanol–water partition coefficient (Wildman–Crippen LogP) is 0.965. The van der Waals surface area contributed by atoms with Gasteiger partial charge in [0.15, 0.2) is 11.5 Å². The fourth-order valence-electron chi connectivity index (χ4n) is 2.50. The second kappa shape index (κ2) is 5.55. The zero-order valence-corrected chi connectivity index (χ0v) is 11.8. The van der Waals surface area contributed by atoms with E-state index in [-0.39, 0.29) is 17.7 Å². The minimum atomic E-state index is -0.244. The normalized spacial score (nSPS) is 18.4. The minimum Gasteiger partial charge on any atom is -0.441 e. The number of nitrogens with zero attached hydrogens (tertiary/aromatic N) is 2. The molecule has 3 rings (SSSR count). The van der Waals surface area contributed by atoms with Gasteiger partial charge in [0.25, 0.3) is 0 Å². The lowest BCUT2D eigenvalue weighted by Crippen LogP contribution is -2.33. The molecule has 1 aromatic heterocycles. The van der Waals surface area contributed by atoms with E-state index in [0.717, 1.165) is 11.1 Å². The summed E-state index contributed by atoms with van der Waals surface area (Å²) in [5.41, 5.74) is 1.57. The van der Waals surface area contributed by atoms with Crippen LogP contribution in [0.4, 0.5) is 0 Å². The molecule has 1 aliphatic heterocycles. The molecule has 0 radical (unpaired) electrons. The van der Waals surface area contributed by atoms with E-state index in [0.29, 0.717) is 31.8 Å². The van der Waals surface area contributed by atoms with E-state index in [1.165, 1.54) is 0 Å². The number of hydrogen-bond donors (Lipinski definition) is 1. The molecule has 21 heavy (non-hydrogen) atoms. The number of hydrogen-bond acceptors (Lipinski definition) is 4. The fourth-order valence-corrected chi connectivity index (χ4v) is 2.50. The zero-order chi connectivity index (χ0) is 14.8. The number of amides is 2. The van der Waals surface area contributed by atoms with E-state index in [4.69, 9.17) is 4.42 Å². The van der Waals surface area contributed by atoms with Crippen molar-refractivity contribution in [2.24, 2.45) is 5.92 Å². The van der Waals surface area contributed by atoms with Gasteiger partial charge in [0.2, 0.25) is 11.8 Å². The van der Waals surface area contributed by atoms with Crippen molar-refractivity contribution in [3.63, 3.8) is 0 Å².